The number of carbonyl (C=O) groups excluding carboxylic acids is 1. The van der Waals surface area contributed by atoms with E-state index in [1.165, 1.54) is 11.4 Å². The van der Waals surface area contributed by atoms with Crippen molar-refractivity contribution in [2.75, 3.05) is 27.2 Å². The molecule has 1 saturated carbocycles. The number of amides is 1. The largest absolute Gasteiger partial charge is 0.448 e. The molecule has 0 heterocycles. The highest BCUT2D eigenvalue weighted by Gasteiger charge is 2.40. The molecule has 5 nitrogen and oxygen atoms in total. The molecule has 5 heteroatoms. The predicted molar refractivity (Wildman–Crippen MR) is 62.7 cm³/mol. The van der Waals surface area contributed by atoms with Gasteiger partial charge in [-0.25, -0.2) is 9.80 Å². The maximum atomic E-state index is 11.6. The standard InChI is InChI=1S/C11H23N3O2/c1-8-7-10(8)9(2)14(4)11(15)16-6-5-13(3)12/h8-10H,5-7,12H2,1-4H3/t8-,9?,10?/m0/s1. The summed E-state index contributed by atoms with van der Waals surface area (Å²) in [4.78, 5) is 13.3. The van der Waals surface area contributed by atoms with E-state index in [1.807, 2.05) is 0 Å². The molecule has 0 bridgehead atoms. The molecule has 2 unspecified atom stereocenters. The molecule has 0 aromatic heterocycles. The first-order chi connectivity index (χ1) is 7.43. The molecule has 1 fully saturated rings. The Hall–Kier alpha value is -0.810. The Bertz CT molecular complexity index is 245. The maximum absolute atomic E-state index is 11.6. The molecule has 94 valence electrons. The second kappa shape index (κ2) is 5.50. The van der Waals surface area contributed by atoms with Gasteiger partial charge in [0.15, 0.2) is 0 Å². The molecule has 1 aliphatic rings. The summed E-state index contributed by atoms with van der Waals surface area (Å²) in [6.45, 7) is 5.17. The molecule has 2 N–H and O–H groups in total. The Balaban J connectivity index is 2.24. The van der Waals surface area contributed by atoms with Crippen LogP contribution in [-0.2, 0) is 4.74 Å². The number of nitrogens with two attached hydrogens (primary N) is 1. The number of likely N-dealkylation sites (N-methyl/N-ethyl adjacent to an activating group) is 1. The minimum atomic E-state index is -0.256. The van der Waals surface area contributed by atoms with Gasteiger partial charge in [0.2, 0.25) is 0 Å². The summed E-state index contributed by atoms with van der Waals surface area (Å²) in [7, 11) is 3.54. The van der Waals surface area contributed by atoms with Crippen LogP contribution in [0.5, 0.6) is 0 Å². The third-order valence-electron chi connectivity index (χ3n) is 3.36. The van der Waals surface area contributed by atoms with Crippen LogP contribution in [0.4, 0.5) is 4.79 Å². The highest BCUT2D eigenvalue weighted by atomic mass is 16.6. The lowest BCUT2D eigenvalue weighted by atomic mass is 10.2. The molecule has 0 aromatic carbocycles. The zero-order chi connectivity index (χ0) is 12.3. The number of hydrogen-bond donors (Lipinski definition) is 1. The molecule has 0 radical (unpaired) electrons. The maximum Gasteiger partial charge on any atom is 0.409 e. The molecule has 1 rings (SSSR count). The van der Waals surface area contributed by atoms with Crippen molar-refractivity contribution >= 4 is 6.09 Å². The van der Waals surface area contributed by atoms with Crippen LogP contribution in [0.1, 0.15) is 20.3 Å². The third-order valence-corrected chi connectivity index (χ3v) is 3.36. The lowest BCUT2D eigenvalue weighted by Crippen LogP contribution is -2.39. The van der Waals surface area contributed by atoms with Crippen LogP contribution in [0.2, 0.25) is 0 Å². The van der Waals surface area contributed by atoms with E-state index < -0.39 is 0 Å². The predicted octanol–water partition coefficient (Wildman–Crippen LogP) is 0.905. The van der Waals surface area contributed by atoms with Crippen molar-refractivity contribution in [3.8, 4) is 0 Å². The van der Waals surface area contributed by atoms with Gasteiger partial charge in [-0.3, -0.25) is 5.84 Å². The number of hydrazine groups is 1. The fourth-order valence-corrected chi connectivity index (χ4v) is 1.86. The summed E-state index contributed by atoms with van der Waals surface area (Å²) < 4.78 is 5.11. The number of nitrogens with zero attached hydrogens (tertiary/aromatic N) is 2. The molecule has 0 aromatic rings. The fourth-order valence-electron chi connectivity index (χ4n) is 1.86. The smallest absolute Gasteiger partial charge is 0.409 e. The van der Waals surface area contributed by atoms with Gasteiger partial charge in [0.05, 0.1) is 0 Å². The van der Waals surface area contributed by atoms with Crippen LogP contribution in [0.25, 0.3) is 0 Å². The quantitative estimate of drug-likeness (QED) is 0.562. The molecular weight excluding hydrogens is 206 g/mol. The number of rotatable bonds is 5. The topological polar surface area (TPSA) is 58.8 Å². The van der Waals surface area contributed by atoms with Crippen LogP contribution in [0.15, 0.2) is 0 Å². The van der Waals surface area contributed by atoms with E-state index in [2.05, 4.69) is 13.8 Å². The van der Waals surface area contributed by atoms with E-state index in [9.17, 15) is 4.79 Å². The SMILES string of the molecule is CC(C1C[C@@H]1C)N(C)C(=O)OCCN(C)N. The molecule has 1 aliphatic carbocycles. The van der Waals surface area contributed by atoms with Crippen LogP contribution >= 0.6 is 0 Å². The van der Waals surface area contributed by atoms with Gasteiger partial charge in [0.25, 0.3) is 0 Å². The highest BCUT2D eigenvalue weighted by molar-refractivity contribution is 5.67. The van der Waals surface area contributed by atoms with Crippen molar-refractivity contribution in [1.82, 2.24) is 9.91 Å². The summed E-state index contributed by atoms with van der Waals surface area (Å²) in [5, 5.41) is 1.50. The minimum Gasteiger partial charge on any atom is -0.448 e. The van der Waals surface area contributed by atoms with E-state index in [-0.39, 0.29) is 12.1 Å². The Labute approximate surface area is 97.5 Å². The van der Waals surface area contributed by atoms with Gasteiger partial charge in [-0.2, -0.15) is 0 Å². The van der Waals surface area contributed by atoms with Gasteiger partial charge >= 0.3 is 6.09 Å². The molecule has 0 aliphatic heterocycles. The molecule has 0 saturated heterocycles. The van der Waals surface area contributed by atoms with Crippen molar-refractivity contribution < 1.29 is 9.53 Å². The van der Waals surface area contributed by atoms with Crippen molar-refractivity contribution in [3.05, 3.63) is 0 Å². The van der Waals surface area contributed by atoms with Crippen molar-refractivity contribution in [2.24, 2.45) is 17.7 Å². The third kappa shape index (κ3) is 3.64. The Morgan fingerprint density at radius 3 is 2.56 bits per heavy atom. The van der Waals surface area contributed by atoms with Crippen LogP contribution < -0.4 is 5.84 Å². The van der Waals surface area contributed by atoms with Gasteiger partial charge < -0.3 is 9.64 Å². The average molecular weight is 229 g/mol. The Kier molecular flexibility index (Phi) is 4.56. The van der Waals surface area contributed by atoms with Gasteiger partial charge in [0.1, 0.15) is 6.61 Å². The van der Waals surface area contributed by atoms with Crippen molar-refractivity contribution in [2.45, 2.75) is 26.3 Å². The number of carbonyl (C=O) groups is 1. The summed E-state index contributed by atoms with van der Waals surface area (Å²) in [5.41, 5.74) is 0. The first kappa shape index (κ1) is 13.3. The molecule has 1 amide bonds. The number of hydrogen-bond acceptors (Lipinski definition) is 4. The van der Waals surface area contributed by atoms with Gasteiger partial charge in [0, 0.05) is 26.7 Å². The first-order valence-corrected chi connectivity index (χ1v) is 5.79. The molecular formula is C11H23N3O2. The van der Waals surface area contributed by atoms with Gasteiger partial charge in [-0.05, 0) is 25.2 Å². The lowest BCUT2D eigenvalue weighted by Gasteiger charge is -2.24. The summed E-state index contributed by atoms with van der Waals surface area (Å²) in [6.07, 6.45) is 0.957. The Morgan fingerprint density at radius 2 is 2.12 bits per heavy atom. The normalized spacial score (nSPS) is 25.4. The Morgan fingerprint density at radius 1 is 1.56 bits per heavy atom. The zero-order valence-corrected chi connectivity index (χ0v) is 10.6. The summed E-state index contributed by atoms with van der Waals surface area (Å²) in [6, 6.07) is 0.262. The monoisotopic (exact) mass is 229 g/mol. The first-order valence-electron chi connectivity index (χ1n) is 5.79. The lowest BCUT2D eigenvalue weighted by molar-refractivity contribution is 0.0873. The van der Waals surface area contributed by atoms with Crippen molar-refractivity contribution in [1.29, 1.82) is 0 Å². The number of ether oxygens (including phenoxy) is 1. The molecule has 3 atom stereocenters. The second-order valence-corrected chi connectivity index (χ2v) is 4.82. The summed E-state index contributed by atoms with van der Waals surface area (Å²) in [5.74, 6) is 6.79. The van der Waals surface area contributed by atoms with E-state index in [4.69, 9.17) is 10.6 Å². The van der Waals surface area contributed by atoms with E-state index in [0.717, 1.165) is 5.92 Å². The van der Waals surface area contributed by atoms with Crippen LogP contribution in [0, 0.1) is 11.8 Å². The highest BCUT2D eigenvalue weighted by Crippen LogP contribution is 2.42. The van der Waals surface area contributed by atoms with E-state index >= 15 is 0 Å². The van der Waals surface area contributed by atoms with E-state index in [0.29, 0.717) is 19.1 Å². The van der Waals surface area contributed by atoms with E-state index in [1.54, 1.807) is 19.0 Å². The molecule has 0 spiro atoms. The van der Waals surface area contributed by atoms with Crippen molar-refractivity contribution in [3.63, 3.8) is 0 Å². The van der Waals surface area contributed by atoms with Crippen LogP contribution in [0.3, 0.4) is 0 Å². The average Bonchev–Trinajstić information content (AvgIpc) is 2.92. The fraction of sp³-hybridized carbons (Fsp3) is 0.909. The van der Waals surface area contributed by atoms with Crippen LogP contribution in [-0.4, -0.2) is 49.3 Å². The van der Waals surface area contributed by atoms with Gasteiger partial charge in [-0.1, -0.05) is 6.92 Å². The molecule has 16 heavy (non-hydrogen) atoms. The summed E-state index contributed by atoms with van der Waals surface area (Å²) >= 11 is 0. The zero-order valence-electron chi connectivity index (χ0n) is 10.6. The minimum absolute atomic E-state index is 0.256. The second-order valence-electron chi connectivity index (χ2n) is 4.82. The van der Waals surface area contributed by atoms with Gasteiger partial charge in [-0.15, -0.1) is 0 Å².